The fourth-order valence-corrected chi connectivity index (χ4v) is 1.27. The molecule has 0 atom stereocenters. The summed E-state index contributed by atoms with van der Waals surface area (Å²) in [6.45, 7) is 0. The summed E-state index contributed by atoms with van der Waals surface area (Å²) in [5.74, 6) is 0.600. The summed E-state index contributed by atoms with van der Waals surface area (Å²) in [6.07, 6.45) is 10.4. The number of nitrogens with zero attached hydrogens (tertiary/aromatic N) is 3. The molecule has 4 heteroatoms. The zero-order valence-electron chi connectivity index (χ0n) is 8.87. The molecule has 2 heterocycles. The first-order chi connectivity index (χ1) is 7.90. The van der Waals surface area contributed by atoms with Crippen LogP contribution in [0.1, 0.15) is 11.3 Å². The molecule has 4 nitrogen and oxygen atoms in total. The van der Waals surface area contributed by atoms with Crippen molar-refractivity contribution in [1.29, 1.82) is 0 Å². The molecule has 80 valence electrons. The Morgan fingerprint density at radius 3 is 2.81 bits per heavy atom. The van der Waals surface area contributed by atoms with Gasteiger partial charge < -0.3 is 4.74 Å². The molecule has 0 aliphatic rings. The van der Waals surface area contributed by atoms with Gasteiger partial charge in [0.15, 0.2) is 0 Å². The van der Waals surface area contributed by atoms with Gasteiger partial charge in [-0.05, 0) is 24.3 Å². The number of methoxy groups -OCH3 is 1. The quantitative estimate of drug-likeness (QED) is 0.782. The van der Waals surface area contributed by atoms with Crippen LogP contribution in [0.5, 0.6) is 5.88 Å². The maximum absolute atomic E-state index is 5.14. The van der Waals surface area contributed by atoms with Crippen molar-refractivity contribution in [3.8, 4) is 5.88 Å². The molecule has 0 aliphatic carbocycles. The summed E-state index contributed by atoms with van der Waals surface area (Å²) in [5, 5.41) is 0. The zero-order chi connectivity index (χ0) is 11.2. The number of ether oxygens (including phenoxy) is 1. The first kappa shape index (κ1) is 10.3. The molecule has 2 aromatic heterocycles. The molecule has 0 saturated heterocycles. The second-order valence-electron chi connectivity index (χ2n) is 3.07. The maximum Gasteiger partial charge on any atom is 0.220 e. The predicted octanol–water partition coefficient (Wildman–Crippen LogP) is 2.05. The van der Waals surface area contributed by atoms with E-state index in [9.17, 15) is 0 Å². The lowest BCUT2D eigenvalue weighted by molar-refractivity contribution is 0.397. The number of aromatic nitrogens is 3. The Morgan fingerprint density at radius 1 is 1.12 bits per heavy atom. The number of pyridine rings is 1. The van der Waals surface area contributed by atoms with Crippen LogP contribution in [0, 0.1) is 0 Å². The molecule has 0 aliphatic heterocycles. The lowest BCUT2D eigenvalue weighted by Gasteiger charge is -2.01. The van der Waals surface area contributed by atoms with Gasteiger partial charge in [-0.3, -0.25) is 9.97 Å². The molecule has 16 heavy (non-hydrogen) atoms. The Kier molecular flexibility index (Phi) is 3.23. The zero-order valence-corrected chi connectivity index (χ0v) is 8.87. The fourth-order valence-electron chi connectivity index (χ4n) is 1.27. The van der Waals surface area contributed by atoms with E-state index in [1.54, 1.807) is 31.9 Å². The number of hydrogen-bond donors (Lipinski definition) is 0. The average molecular weight is 213 g/mol. The summed E-state index contributed by atoms with van der Waals surface area (Å²) >= 11 is 0. The minimum Gasteiger partial charge on any atom is -0.481 e. The van der Waals surface area contributed by atoms with Crippen LogP contribution in [-0.2, 0) is 0 Å². The predicted molar refractivity (Wildman–Crippen MR) is 61.7 cm³/mol. The summed E-state index contributed by atoms with van der Waals surface area (Å²) in [6, 6.07) is 3.79. The second-order valence-corrected chi connectivity index (χ2v) is 3.07. The fraction of sp³-hybridized carbons (Fsp3) is 0.0833. The molecule has 2 rings (SSSR count). The van der Waals surface area contributed by atoms with E-state index < -0.39 is 0 Å². The highest BCUT2D eigenvalue weighted by Crippen LogP contribution is 2.16. The van der Waals surface area contributed by atoms with Gasteiger partial charge in [-0.2, -0.15) is 0 Å². The lowest BCUT2D eigenvalue weighted by Crippen LogP contribution is -1.89. The molecule has 0 spiro atoms. The van der Waals surface area contributed by atoms with Gasteiger partial charge in [-0.1, -0.05) is 0 Å². The van der Waals surface area contributed by atoms with Gasteiger partial charge in [0.05, 0.1) is 19.0 Å². The molecule has 0 amide bonds. The van der Waals surface area contributed by atoms with Crippen LogP contribution in [0.3, 0.4) is 0 Å². The van der Waals surface area contributed by atoms with Crippen molar-refractivity contribution in [3.05, 3.63) is 48.2 Å². The van der Waals surface area contributed by atoms with Gasteiger partial charge in [-0.25, -0.2) is 4.98 Å². The number of hydrogen-bond acceptors (Lipinski definition) is 4. The molecule has 0 N–H and O–H groups in total. The Hall–Kier alpha value is -2.23. The Morgan fingerprint density at radius 2 is 2.06 bits per heavy atom. The topological polar surface area (TPSA) is 47.9 Å². The summed E-state index contributed by atoms with van der Waals surface area (Å²) in [4.78, 5) is 12.2. The van der Waals surface area contributed by atoms with Gasteiger partial charge in [0, 0.05) is 24.2 Å². The molecule has 2 aromatic rings. The van der Waals surface area contributed by atoms with Crippen molar-refractivity contribution in [2.75, 3.05) is 7.11 Å². The summed E-state index contributed by atoms with van der Waals surface area (Å²) in [7, 11) is 1.60. The van der Waals surface area contributed by atoms with Crippen LogP contribution in [0.25, 0.3) is 12.2 Å². The molecule has 0 saturated carbocycles. The van der Waals surface area contributed by atoms with Gasteiger partial charge in [-0.15, -0.1) is 0 Å². The van der Waals surface area contributed by atoms with E-state index in [1.165, 1.54) is 0 Å². The van der Waals surface area contributed by atoms with Crippen molar-refractivity contribution < 1.29 is 4.74 Å². The van der Waals surface area contributed by atoms with E-state index in [1.807, 2.05) is 24.3 Å². The summed E-state index contributed by atoms with van der Waals surface area (Å²) < 4.78 is 5.14. The van der Waals surface area contributed by atoms with Crippen LogP contribution < -0.4 is 4.74 Å². The van der Waals surface area contributed by atoms with Gasteiger partial charge >= 0.3 is 0 Å². The molecular formula is C12H11N3O. The van der Waals surface area contributed by atoms with Crippen molar-refractivity contribution in [3.63, 3.8) is 0 Å². The summed E-state index contributed by atoms with van der Waals surface area (Å²) in [5.41, 5.74) is 1.71. The van der Waals surface area contributed by atoms with Crippen molar-refractivity contribution >= 4 is 12.2 Å². The van der Waals surface area contributed by atoms with E-state index in [2.05, 4.69) is 15.0 Å². The van der Waals surface area contributed by atoms with Crippen LogP contribution in [0.15, 0.2) is 36.9 Å². The van der Waals surface area contributed by atoms with E-state index in [0.717, 1.165) is 11.3 Å². The van der Waals surface area contributed by atoms with Crippen LogP contribution in [-0.4, -0.2) is 22.1 Å². The third-order valence-electron chi connectivity index (χ3n) is 2.01. The van der Waals surface area contributed by atoms with E-state index >= 15 is 0 Å². The SMILES string of the molecule is COc1ncccc1C=Cc1cnccn1. The molecule has 0 bridgehead atoms. The average Bonchev–Trinajstić information content (AvgIpc) is 2.38. The first-order valence-electron chi connectivity index (χ1n) is 4.83. The van der Waals surface area contributed by atoms with Crippen LogP contribution in [0.4, 0.5) is 0 Å². The standard InChI is InChI=1S/C12H11N3O/c1-16-12-10(3-2-6-15-12)4-5-11-9-13-7-8-14-11/h2-9H,1H3. The minimum absolute atomic E-state index is 0.600. The van der Waals surface area contributed by atoms with Crippen LogP contribution in [0.2, 0.25) is 0 Å². The molecular weight excluding hydrogens is 202 g/mol. The van der Waals surface area contributed by atoms with E-state index in [4.69, 9.17) is 4.74 Å². The monoisotopic (exact) mass is 213 g/mol. The molecule has 0 fully saturated rings. The molecule has 0 unspecified atom stereocenters. The molecule has 0 aromatic carbocycles. The van der Waals surface area contributed by atoms with Crippen molar-refractivity contribution in [2.45, 2.75) is 0 Å². The molecule has 0 radical (unpaired) electrons. The van der Waals surface area contributed by atoms with Crippen molar-refractivity contribution in [1.82, 2.24) is 15.0 Å². The Balaban J connectivity index is 2.24. The highest BCUT2D eigenvalue weighted by molar-refractivity contribution is 5.69. The lowest BCUT2D eigenvalue weighted by atomic mass is 10.2. The van der Waals surface area contributed by atoms with E-state index in [-0.39, 0.29) is 0 Å². The Labute approximate surface area is 93.7 Å². The highest BCUT2D eigenvalue weighted by atomic mass is 16.5. The second kappa shape index (κ2) is 5.02. The van der Waals surface area contributed by atoms with Gasteiger partial charge in [0.1, 0.15) is 0 Å². The normalized spacial score (nSPS) is 10.6. The maximum atomic E-state index is 5.14. The first-order valence-corrected chi connectivity index (χ1v) is 4.83. The third-order valence-corrected chi connectivity index (χ3v) is 2.01. The Bertz CT molecular complexity index is 483. The third kappa shape index (κ3) is 2.42. The van der Waals surface area contributed by atoms with Crippen LogP contribution >= 0.6 is 0 Å². The van der Waals surface area contributed by atoms with Gasteiger partial charge in [0.25, 0.3) is 0 Å². The largest absolute Gasteiger partial charge is 0.481 e. The van der Waals surface area contributed by atoms with Gasteiger partial charge in [0.2, 0.25) is 5.88 Å². The number of rotatable bonds is 3. The van der Waals surface area contributed by atoms with E-state index in [0.29, 0.717) is 5.88 Å². The minimum atomic E-state index is 0.600. The highest BCUT2D eigenvalue weighted by Gasteiger charge is 1.98. The smallest absolute Gasteiger partial charge is 0.220 e. The van der Waals surface area contributed by atoms with Crippen molar-refractivity contribution in [2.24, 2.45) is 0 Å².